The van der Waals surface area contributed by atoms with E-state index < -0.39 is 0 Å². The Morgan fingerprint density at radius 1 is 0.931 bits per heavy atom. The van der Waals surface area contributed by atoms with E-state index in [4.69, 9.17) is 0 Å². The van der Waals surface area contributed by atoms with Gasteiger partial charge in [-0.15, -0.1) is 0 Å². The zero-order valence-corrected chi connectivity index (χ0v) is 17.9. The number of nitrogens with zero attached hydrogens (tertiary/aromatic N) is 2. The molecule has 1 aliphatic rings. The topological polar surface area (TPSA) is 64.7 Å². The van der Waals surface area contributed by atoms with Crippen molar-refractivity contribution in [3.05, 3.63) is 30.1 Å². The second-order valence-electron chi connectivity index (χ2n) is 8.40. The summed E-state index contributed by atoms with van der Waals surface area (Å²) in [6.07, 6.45) is 3.34. The summed E-state index contributed by atoms with van der Waals surface area (Å²) in [6, 6.07) is 5.95. The molecular weight excluding hydrogens is 371 g/mol. The number of piperazine rings is 1. The van der Waals surface area contributed by atoms with E-state index >= 15 is 0 Å². The Kier molecular flexibility index (Phi) is 9.54. The van der Waals surface area contributed by atoms with Gasteiger partial charge in [-0.1, -0.05) is 26.7 Å². The van der Waals surface area contributed by atoms with Crippen molar-refractivity contribution in [2.24, 2.45) is 5.92 Å². The minimum atomic E-state index is -0.326. The average Bonchev–Trinajstić information content (AvgIpc) is 2.65. The number of nitrogens with one attached hydrogen (secondary N) is 2. The standard InChI is InChI=1S/C22H35FN4O2/c1-17(2)5-4-6-18(3)24-21(28)15-26-11-13-27(14-12-26)16-22(29)25-20-9-7-19(23)8-10-20/h7-10,17-18H,4-6,11-16H2,1-3H3,(H,24,28)(H,25,29)/t18-/m1/s1. The molecule has 1 aromatic rings. The number of anilines is 1. The number of rotatable bonds is 10. The van der Waals surface area contributed by atoms with Crippen LogP contribution in [0, 0.1) is 11.7 Å². The lowest BCUT2D eigenvalue weighted by atomic mass is 10.0. The lowest BCUT2D eigenvalue weighted by Crippen LogP contribution is -2.51. The fourth-order valence-electron chi connectivity index (χ4n) is 3.47. The second-order valence-corrected chi connectivity index (χ2v) is 8.40. The average molecular weight is 407 g/mol. The van der Waals surface area contributed by atoms with E-state index in [0.717, 1.165) is 39.0 Å². The maximum absolute atomic E-state index is 12.9. The minimum absolute atomic E-state index is 0.0737. The molecule has 1 atom stereocenters. The Balaban J connectivity index is 1.62. The van der Waals surface area contributed by atoms with Gasteiger partial charge in [-0.3, -0.25) is 19.4 Å². The molecule has 0 aliphatic carbocycles. The lowest BCUT2D eigenvalue weighted by Gasteiger charge is -2.34. The van der Waals surface area contributed by atoms with Crippen molar-refractivity contribution in [2.45, 2.75) is 46.1 Å². The van der Waals surface area contributed by atoms with E-state index in [-0.39, 0.29) is 23.7 Å². The third-order valence-corrected chi connectivity index (χ3v) is 5.15. The highest BCUT2D eigenvalue weighted by Crippen LogP contribution is 2.10. The van der Waals surface area contributed by atoms with Crippen LogP contribution in [0.1, 0.15) is 40.0 Å². The summed E-state index contributed by atoms with van der Waals surface area (Å²) in [4.78, 5) is 28.6. The van der Waals surface area contributed by atoms with Crippen LogP contribution in [-0.4, -0.2) is 66.9 Å². The third kappa shape index (κ3) is 9.37. The molecule has 2 amide bonds. The molecule has 1 saturated heterocycles. The van der Waals surface area contributed by atoms with Crippen molar-refractivity contribution in [1.29, 1.82) is 0 Å². The summed E-state index contributed by atoms with van der Waals surface area (Å²) in [5, 5.41) is 5.87. The monoisotopic (exact) mass is 406 g/mol. The van der Waals surface area contributed by atoms with Gasteiger partial charge in [0.15, 0.2) is 0 Å². The van der Waals surface area contributed by atoms with E-state index in [1.165, 1.54) is 18.6 Å². The van der Waals surface area contributed by atoms with Crippen LogP contribution in [-0.2, 0) is 9.59 Å². The Bertz CT molecular complexity index is 643. The van der Waals surface area contributed by atoms with Gasteiger partial charge in [-0.05, 0) is 43.5 Å². The molecule has 6 nitrogen and oxygen atoms in total. The first-order valence-corrected chi connectivity index (χ1v) is 10.6. The molecule has 162 valence electrons. The van der Waals surface area contributed by atoms with Crippen molar-refractivity contribution in [3.63, 3.8) is 0 Å². The maximum Gasteiger partial charge on any atom is 0.238 e. The van der Waals surface area contributed by atoms with Gasteiger partial charge < -0.3 is 10.6 Å². The van der Waals surface area contributed by atoms with Crippen molar-refractivity contribution in [2.75, 3.05) is 44.6 Å². The first-order valence-electron chi connectivity index (χ1n) is 10.6. The number of amides is 2. The van der Waals surface area contributed by atoms with E-state index in [0.29, 0.717) is 24.7 Å². The van der Waals surface area contributed by atoms with Gasteiger partial charge in [0.2, 0.25) is 11.8 Å². The Morgan fingerprint density at radius 3 is 2.03 bits per heavy atom. The zero-order valence-electron chi connectivity index (χ0n) is 17.9. The predicted octanol–water partition coefficient (Wildman–Crippen LogP) is 2.71. The lowest BCUT2D eigenvalue weighted by molar-refractivity contribution is -0.124. The van der Waals surface area contributed by atoms with Gasteiger partial charge in [-0.2, -0.15) is 0 Å². The highest BCUT2D eigenvalue weighted by molar-refractivity contribution is 5.92. The minimum Gasteiger partial charge on any atom is -0.353 e. The van der Waals surface area contributed by atoms with Crippen LogP contribution in [0.4, 0.5) is 10.1 Å². The van der Waals surface area contributed by atoms with Crippen LogP contribution in [0.2, 0.25) is 0 Å². The smallest absolute Gasteiger partial charge is 0.238 e. The normalized spacial score (nSPS) is 16.6. The molecule has 0 saturated carbocycles. The molecule has 7 heteroatoms. The van der Waals surface area contributed by atoms with E-state index in [2.05, 4.69) is 41.2 Å². The number of hydrogen-bond acceptors (Lipinski definition) is 4. The molecule has 0 radical (unpaired) electrons. The molecular formula is C22H35FN4O2. The molecule has 2 rings (SSSR count). The van der Waals surface area contributed by atoms with Crippen molar-refractivity contribution >= 4 is 17.5 Å². The van der Waals surface area contributed by atoms with Gasteiger partial charge >= 0.3 is 0 Å². The summed E-state index contributed by atoms with van der Waals surface area (Å²) in [7, 11) is 0. The SMILES string of the molecule is CC(C)CCC[C@@H](C)NC(=O)CN1CCN(CC(=O)Nc2ccc(F)cc2)CC1. The first kappa shape index (κ1) is 23.3. The van der Waals surface area contributed by atoms with Gasteiger partial charge in [0.05, 0.1) is 13.1 Å². The highest BCUT2D eigenvalue weighted by Gasteiger charge is 2.21. The quantitative estimate of drug-likeness (QED) is 0.627. The summed E-state index contributed by atoms with van der Waals surface area (Å²) >= 11 is 0. The second kappa shape index (κ2) is 11.9. The highest BCUT2D eigenvalue weighted by atomic mass is 19.1. The van der Waals surface area contributed by atoms with Gasteiger partial charge in [0.25, 0.3) is 0 Å². The van der Waals surface area contributed by atoms with Crippen LogP contribution in [0.25, 0.3) is 0 Å². The Hall–Kier alpha value is -1.99. The predicted molar refractivity (Wildman–Crippen MR) is 114 cm³/mol. The molecule has 0 bridgehead atoms. The summed E-state index contributed by atoms with van der Waals surface area (Å²) < 4.78 is 12.9. The Labute approximate surface area is 173 Å². The zero-order chi connectivity index (χ0) is 21.2. The number of halogens is 1. The molecule has 1 aliphatic heterocycles. The number of hydrogen-bond donors (Lipinski definition) is 2. The molecule has 1 heterocycles. The van der Waals surface area contributed by atoms with Gasteiger partial charge in [-0.25, -0.2) is 4.39 Å². The number of carbonyl (C=O) groups is 2. The molecule has 2 N–H and O–H groups in total. The Morgan fingerprint density at radius 2 is 1.48 bits per heavy atom. The molecule has 29 heavy (non-hydrogen) atoms. The fourth-order valence-corrected chi connectivity index (χ4v) is 3.47. The van der Waals surface area contributed by atoms with E-state index in [1.807, 2.05) is 0 Å². The van der Waals surface area contributed by atoms with E-state index in [9.17, 15) is 14.0 Å². The van der Waals surface area contributed by atoms with Crippen LogP contribution in [0.5, 0.6) is 0 Å². The molecule has 1 fully saturated rings. The van der Waals surface area contributed by atoms with Crippen LogP contribution >= 0.6 is 0 Å². The van der Waals surface area contributed by atoms with Crippen LogP contribution in [0.3, 0.4) is 0 Å². The summed E-state index contributed by atoms with van der Waals surface area (Å²) in [5.74, 6) is 0.336. The maximum atomic E-state index is 12.9. The molecule has 0 aromatic heterocycles. The largest absolute Gasteiger partial charge is 0.353 e. The molecule has 1 aromatic carbocycles. The van der Waals surface area contributed by atoms with Gasteiger partial charge in [0, 0.05) is 37.9 Å². The third-order valence-electron chi connectivity index (χ3n) is 5.15. The van der Waals surface area contributed by atoms with Crippen molar-refractivity contribution < 1.29 is 14.0 Å². The van der Waals surface area contributed by atoms with E-state index in [1.54, 1.807) is 12.1 Å². The first-order chi connectivity index (χ1) is 13.8. The molecule has 0 spiro atoms. The summed E-state index contributed by atoms with van der Waals surface area (Å²) in [6.45, 7) is 10.2. The van der Waals surface area contributed by atoms with Crippen LogP contribution in [0.15, 0.2) is 24.3 Å². The molecule has 0 unspecified atom stereocenters. The number of carbonyl (C=O) groups excluding carboxylic acids is 2. The van der Waals surface area contributed by atoms with Crippen molar-refractivity contribution in [1.82, 2.24) is 15.1 Å². The van der Waals surface area contributed by atoms with Crippen molar-refractivity contribution in [3.8, 4) is 0 Å². The van der Waals surface area contributed by atoms with Gasteiger partial charge in [0.1, 0.15) is 5.82 Å². The van der Waals surface area contributed by atoms with Crippen LogP contribution < -0.4 is 10.6 Å². The summed E-state index contributed by atoms with van der Waals surface area (Å²) in [5.41, 5.74) is 0.592. The fraction of sp³-hybridized carbons (Fsp3) is 0.636. The number of benzene rings is 1.